The molecule has 0 aliphatic carbocycles. The van der Waals surface area contributed by atoms with Gasteiger partial charge in [-0.05, 0) is 48.4 Å². The highest BCUT2D eigenvalue weighted by molar-refractivity contribution is 8.03. The number of thioether (sulfide) groups is 1. The van der Waals surface area contributed by atoms with Gasteiger partial charge in [0.25, 0.3) is 0 Å². The summed E-state index contributed by atoms with van der Waals surface area (Å²) in [6.07, 6.45) is 1.65. The molecule has 0 radical (unpaired) electrons. The molecule has 0 atom stereocenters. The number of hydrogen-bond acceptors (Lipinski definition) is 5. The molecular formula is C28H27ClN2O3S. The summed E-state index contributed by atoms with van der Waals surface area (Å²) in [6.45, 7) is 5.06. The number of nitrogens with zero attached hydrogens (tertiary/aromatic N) is 2. The summed E-state index contributed by atoms with van der Waals surface area (Å²) in [5.74, 6) is -0.0646. The number of anilines is 2. The molecule has 0 N–H and O–H groups in total. The molecule has 0 fully saturated rings. The highest BCUT2D eigenvalue weighted by Crippen LogP contribution is 2.48. The molecule has 0 saturated heterocycles. The molecule has 1 aliphatic rings. The summed E-state index contributed by atoms with van der Waals surface area (Å²) in [5.41, 5.74) is 3.93. The van der Waals surface area contributed by atoms with E-state index in [0.717, 1.165) is 32.4 Å². The second kappa shape index (κ2) is 11.6. The highest BCUT2D eigenvalue weighted by Gasteiger charge is 2.27. The van der Waals surface area contributed by atoms with E-state index < -0.39 is 0 Å². The van der Waals surface area contributed by atoms with Gasteiger partial charge in [0.15, 0.2) is 5.78 Å². The van der Waals surface area contributed by atoms with Crippen molar-refractivity contribution in [1.82, 2.24) is 0 Å². The second-order valence-corrected chi connectivity index (χ2v) is 9.77. The van der Waals surface area contributed by atoms with Crippen LogP contribution in [0.2, 0.25) is 5.02 Å². The zero-order valence-corrected chi connectivity index (χ0v) is 21.3. The number of carbonyl (C=O) groups is 2. The van der Waals surface area contributed by atoms with Gasteiger partial charge in [-0.1, -0.05) is 65.8 Å². The Kier molecular flexibility index (Phi) is 8.29. The van der Waals surface area contributed by atoms with Gasteiger partial charge in [-0.2, -0.15) is 0 Å². The predicted molar refractivity (Wildman–Crippen MR) is 143 cm³/mol. The van der Waals surface area contributed by atoms with E-state index in [1.807, 2.05) is 72.8 Å². The van der Waals surface area contributed by atoms with Crippen LogP contribution in [-0.4, -0.2) is 24.8 Å². The van der Waals surface area contributed by atoms with E-state index in [1.54, 1.807) is 36.6 Å². The molecule has 1 amide bonds. The zero-order chi connectivity index (χ0) is 24.8. The first kappa shape index (κ1) is 25.0. The molecule has 3 aromatic rings. The average Bonchev–Trinajstić information content (AvgIpc) is 3.16. The Balaban J connectivity index is 1.54. The van der Waals surface area contributed by atoms with Crippen molar-refractivity contribution in [2.75, 3.05) is 23.0 Å². The van der Waals surface area contributed by atoms with Crippen molar-refractivity contribution in [3.63, 3.8) is 0 Å². The zero-order valence-electron chi connectivity index (χ0n) is 19.7. The molecule has 5 nitrogen and oxygen atoms in total. The van der Waals surface area contributed by atoms with Gasteiger partial charge in [-0.25, -0.2) is 0 Å². The quantitative estimate of drug-likeness (QED) is 0.246. The van der Waals surface area contributed by atoms with Crippen molar-refractivity contribution in [3.05, 3.63) is 100 Å². The maximum Gasteiger partial charge on any atom is 0.223 e. The lowest BCUT2D eigenvalue weighted by Crippen LogP contribution is -2.32. The molecule has 0 aromatic heterocycles. The largest absolute Gasteiger partial charge is 0.375 e. The minimum Gasteiger partial charge on any atom is -0.375 e. The van der Waals surface area contributed by atoms with E-state index in [9.17, 15) is 9.59 Å². The molecule has 0 bridgehead atoms. The summed E-state index contributed by atoms with van der Waals surface area (Å²) in [7, 11) is 0. The Hall–Kier alpha value is -3.06. The van der Waals surface area contributed by atoms with E-state index in [0.29, 0.717) is 31.3 Å². The van der Waals surface area contributed by atoms with E-state index in [4.69, 9.17) is 16.3 Å². The number of ketones is 1. The van der Waals surface area contributed by atoms with E-state index in [2.05, 4.69) is 4.90 Å². The molecule has 180 valence electrons. The maximum absolute atomic E-state index is 12.5. The number of halogens is 1. The van der Waals surface area contributed by atoms with Gasteiger partial charge >= 0.3 is 0 Å². The topological polar surface area (TPSA) is 49.9 Å². The number of benzene rings is 3. The van der Waals surface area contributed by atoms with Crippen LogP contribution in [0.1, 0.15) is 25.0 Å². The van der Waals surface area contributed by atoms with Crippen LogP contribution in [0.15, 0.2) is 88.8 Å². The average molecular weight is 507 g/mol. The summed E-state index contributed by atoms with van der Waals surface area (Å²) < 4.78 is 5.82. The van der Waals surface area contributed by atoms with Gasteiger partial charge in [0.05, 0.1) is 23.9 Å². The fourth-order valence-corrected chi connectivity index (χ4v) is 5.12. The molecule has 7 heteroatoms. The molecule has 3 aromatic carbocycles. The minimum atomic E-state index is -0.0531. The SMILES string of the molecule is CC(=O)C=C1Sc2ccc(N(CCOCc3ccccc3)C(C)=O)cc2N1Cc1ccc(Cl)cc1. The second-order valence-electron chi connectivity index (χ2n) is 8.27. The number of rotatable bonds is 9. The molecule has 0 unspecified atom stereocenters. The monoisotopic (exact) mass is 506 g/mol. The number of ether oxygens (including phenoxy) is 1. The first-order valence-electron chi connectivity index (χ1n) is 11.4. The third kappa shape index (κ3) is 6.54. The van der Waals surface area contributed by atoms with Gasteiger partial charge in [-0.3, -0.25) is 9.59 Å². The predicted octanol–water partition coefficient (Wildman–Crippen LogP) is 6.45. The number of amides is 1. The van der Waals surface area contributed by atoms with Crippen LogP contribution in [0, 0.1) is 0 Å². The summed E-state index contributed by atoms with van der Waals surface area (Å²) in [6, 6.07) is 23.6. The van der Waals surface area contributed by atoms with Crippen molar-refractivity contribution in [2.45, 2.75) is 31.9 Å². The molecule has 0 saturated carbocycles. The van der Waals surface area contributed by atoms with Gasteiger partial charge in [0, 0.05) is 41.7 Å². The van der Waals surface area contributed by atoms with Crippen molar-refractivity contribution < 1.29 is 14.3 Å². The van der Waals surface area contributed by atoms with Crippen LogP contribution in [-0.2, 0) is 27.5 Å². The van der Waals surface area contributed by atoms with Crippen molar-refractivity contribution in [1.29, 1.82) is 0 Å². The van der Waals surface area contributed by atoms with E-state index in [1.165, 1.54) is 0 Å². The molecule has 1 heterocycles. The van der Waals surface area contributed by atoms with Crippen LogP contribution in [0.5, 0.6) is 0 Å². The van der Waals surface area contributed by atoms with Crippen LogP contribution in [0.25, 0.3) is 0 Å². The van der Waals surface area contributed by atoms with Crippen LogP contribution >= 0.6 is 23.4 Å². The lowest BCUT2D eigenvalue weighted by atomic mass is 10.2. The third-order valence-corrected chi connectivity index (χ3v) is 6.92. The number of carbonyl (C=O) groups excluding carboxylic acids is 2. The Morgan fingerprint density at radius 1 is 1.00 bits per heavy atom. The number of fused-ring (bicyclic) bond motifs is 1. The van der Waals surface area contributed by atoms with Gasteiger partial charge in [0.1, 0.15) is 0 Å². The van der Waals surface area contributed by atoms with Crippen LogP contribution in [0.3, 0.4) is 0 Å². The fraction of sp³-hybridized carbons (Fsp3) is 0.214. The molecule has 4 rings (SSSR count). The standard InChI is InChI=1S/C28H27ClN2O3S/c1-20(32)16-28-31(18-22-8-10-24(29)11-9-22)26-17-25(12-13-27(26)35-28)30(21(2)33)14-15-34-19-23-6-4-3-5-7-23/h3-13,16-17H,14-15,18-19H2,1-2H3. The Morgan fingerprint density at radius 3 is 2.43 bits per heavy atom. The highest BCUT2D eigenvalue weighted by atomic mass is 35.5. The maximum atomic E-state index is 12.5. The van der Waals surface area contributed by atoms with Crippen LogP contribution in [0.4, 0.5) is 11.4 Å². The first-order valence-corrected chi connectivity index (χ1v) is 12.6. The van der Waals surface area contributed by atoms with Crippen molar-refractivity contribution >= 4 is 46.4 Å². The summed E-state index contributed by atoms with van der Waals surface area (Å²) >= 11 is 7.61. The Labute approximate surface area is 215 Å². The fourth-order valence-electron chi connectivity index (χ4n) is 3.86. The normalized spacial score (nSPS) is 13.7. The molecule has 0 spiro atoms. The van der Waals surface area contributed by atoms with E-state index in [-0.39, 0.29) is 11.7 Å². The Bertz CT molecular complexity index is 1230. The summed E-state index contributed by atoms with van der Waals surface area (Å²) in [4.78, 5) is 29.3. The molecule has 1 aliphatic heterocycles. The van der Waals surface area contributed by atoms with E-state index >= 15 is 0 Å². The van der Waals surface area contributed by atoms with Crippen LogP contribution < -0.4 is 9.80 Å². The van der Waals surface area contributed by atoms with Gasteiger partial charge in [0.2, 0.25) is 5.91 Å². The lowest BCUT2D eigenvalue weighted by Gasteiger charge is -2.24. The molecule has 35 heavy (non-hydrogen) atoms. The first-order chi connectivity index (χ1) is 16.9. The number of hydrogen-bond donors (Lipinski definition) is 0. The van der Waals surface area contributed by atoms with Gasteiger partial charge in [-0.15, -0.1) is 0 Å². The van der Waals surface area contributed by atoms with Crippen molar-refractivity contribution in [3.8, 4) is 0 Å². The Morgan fingerprint density at radius 2 is 1.74 bits per heavy atom. The van der Waals surface area contributed by atoms with Crippen molar-refractivity contribution in [2.24, 2.45) is 0 Å². The van der Waals surface area contributed by atoms with Gasteiger partial charge < -0.3 is 14.5 Å². The molecular weight excluding hydrogens is 480 g/mol. The third-order valence-electron chi connectivity index (χ3n) is 5.56. The number of allylic oxidation sites excluding steroid dienone is 1. The smallest absolute Gasteiger partial charge is 0.223 e. The minimum absolute atomic E-state index is 0.0115. The summed E-state index contributed by atoms with van der Waals surface area (Å²) in [5, 5.41) is 1.54. The lowest BCUT2D eigenvalue weighted by molar-refractivity contribution is -0.116.